The van der Waals surface area contributed by atoms with Crippen LogP contribution in [0.4, 0.5) is 0 Å². The van der Waals surface area contributed by atoms with Crippen molar-refractivity contribution in [1.29, 1.82) is 0 Å². The van der Waals surface area contributed by atoms with Crippen LogP contribution in [0.15, 0.2) is 42.6 Å². The molecule has 0 aliphatic carbocycles. The van der Waals surface area contributed by atoms with Crippen molar-refractivity contribution in [2.24, 2.45) is 7.05 Å². The molecule has 0 amide bonds. The fraction of sp³-hybridized carbons (Fsp3) is 0.429. The van der Waals surface area contributed by atoms with Gasteiger partial charge in [-0.1, -0.05) is 19.9 Å². The predicted octanol–water partition coefficient (Wildman–Crippen LogP) is 6.08. The molecule has 1 aliphatic heterocycles. The molecule has 1 saturated heterocycles. The van der Waals surface area contributed by atoms with Crippen LogP contribution >= 0.6 is 0 Å². The van der Waals surface area contributed by atoms with Gasteiger partial charge in [0.1, 0.15) is 0 Å². The second-order valence-electron chi connectivity index (χ2n) is 10.0. The molecule has 0 atom stereocenters. The number of pyridine rings is 1. The molecule has 0 saturated carbocycles. The highest BCUT2D eigenvalue weighted by atomic mass is 15.3. The van der Waals surface area contributed by atoms with E-state index in [2.05, 4.69) is 84.1 Å². The van der Waals surface area contributed by atoms with E-state index in [1.54, 1.807) is 0 Å². The molecule has 1 fully saturated rings. The molecule has 4 heterocycles. The fourth-order valence-electron chi connectivity index (χ4n) is 5.49. The molecule has 5 heteroatoms. The molecular weight excluding hydrogens is 406 g/mol. The molecule has 5 rings (SSSR count). The Labute approximate surface area is 196 Å². The smallest absolute Gasteiger partial charge is 0.0764 e. The summed E-state index contributed by atoms with van der Waals surface area (Å²) in [5.41, 5.74) is 9.92. The molecule has 0 unspecified atom stereocenters. The van der Waals surface area contributed by atoms with Gasteiger partial charge in [0.25, 0.3) is 0 Å². The quantitative estimate of drug-likeness (QED) is 0.408. The van der Waals surface area contributed by atoms with Gasteiger partial charge in [0, 0.05) is 47.6 Å². The van der Waals surface area contributed by atoms with Gasteiger partial charge in [-0.3, -0.25) is 14.6 Å². The molecule has 0 bridgehead atoms. The van der Waals surface area contributed by atoms with Gasteiger partial charge >= 0.3 is 0 Å². The van der Waals surface area contributed by atoms with Gasteiger partial charge in [-0.15, -0.1) is 0 Å². The zero-order chi connectivity index (χ0) is 23.1. The van der Waals surface area contributed by atoms with Crippen molar-refractivity contribution in [3.63, 3.8) is 0 Å². The first-order valence-electron chi connectivity index (χ1n) is 12.2. The summed E-state index contributed by atoms with van der Waals surface area (Å²) in [6.45, 7) is 12.0. The Kier molecular flexibility index (Phi) is 5.83. The van der Waals surface area contributed by atoms with Gasteiger partial charge in [-0.25, -0.2) is 0 Å². The third kappa shape index (κ3) is 4.47. The Morgan fingerprint density at radius 3 is 2.39 bits per heavy atom. The summed E-state index contributed by atoms with van der Waals surface area (Å²) in [4.78, 5) is 10.9. The zero-order valence-electron chi connectivity index (χ0n) is 20.5. The number of piperidine rings is 1. The van der Waals surface area contributed by atoms with Gasteiger partial charge in [-0.05, 0) is 93.1 Å². The van der Waals surface area contributed by atoms with E-state index in [-0.39, 0.29) is 0 Å². The molecule has 33 heavy (non-hydrogen) atoms. The zero-order valence-corrected chi connectivity index (χ0v) is 20.5. The number of likely N-dealkylation sites (tertiary alicyclic amines) is 1. The number of nitrogens with one attached hydrogen (secondary N) is 1. The number of aromatic amines is 1. The van der Waals surface area contributed by atoms with Crippen LogP contribution in [0.2, 0.25) is 0 Å². The summed E-state index contributed by atoms with van der Waals surface area (Å²) in [5.74, 6) is 1.07. The lowest BCUT2D eigenvalue weighted by Gasteiger charge is -2.31. The minimum absolute atomic E-state index is 0.443. The Balaban J connectivity index is 1.41. The summed E-state index contributed by atoms with van der Waals surface area (Å²) >= 11 is 0. The predicted molar refractivity (Wildman–Crippen MR) is 136 cm³/mol. The molecule has 1 aliphatic rings. The van der Waals surface area contributed by atoms with Crippen LogP contribution in [0.25, 0.3) is 22.2 Å². The Bertz CT molecular complexity index is 1250. The van der Waals surface area contributed by atoms with E-state index in [9.17, 15) is 0 Å². The van der Waals surface area contributed by atoms with E-state index in [4.69, 9.17) is 0 Å². The second-order valence-corrected chi connectivity index (χ2v) is 10.0. The highest BCUT2D eigenvalue weighted by molar-refractivity contribution is 5.92. The maximum atomic E-state index is 4.57. The highest BCUT2D eigenvalue weighted by Gasteiger charge is 2.23. The summed E-state index contributed by atoms with van der Waals surface area (Å²) in [6, 6.07) is 13.6. The maximum absolute atomic E-state index is 4.57. The summed E-state index contributed by atoms with van der Waals surface area (Å²) in [5, 5.41) is 5.92. The SMILES string of the molecule is Cc1cc(-c2[nH]c3ccc(C4CCN(Cc5ccn(C)n5)CC4)cc3c2C(C)C)cc(C)n1. The molecule has 1 N–H and O–H groups in total. The number of nitrogens with zero attached hydrogens (tertiary/aromatic N) is 4. The van der Waals surface area contributed by atoms with Gasteiger partial charge < -0.3 is 4.98 Å². The van der Waals surface area contributed by atoms with Crippen molar-refractivity contribution in [2.75, 3.05) is 13.1 Å². The number of benzene rings is 1. The second kappa shape index (κ2) is 8.79. The Morgan fingerprint density at radius 1 is 1.03 bits per heavy atom. The minimum Gasteiger partial charge on any atom is -0.354 e. The fourth-order valence-corrected chi connectivity index (χ4v) is 5.49. The Morgan fingerprint density at radius 2 is 1.76 bits per heavy atom. The lowest BCUT2D eigenvalue weighted by molar-refractivity contribution is 0.202. The van der Waals surface area contributed by atoms with Gasteiger partial charge in [-0.2, -0.15) is 5.10 Å². The van der Waals surface area contributed by atoms with E-state index in [0.29, 0.717) is 11.8 Å². The van der Waals surface area contributed by atoms with Crippen molar-refractivity contribution < 1.29 is 0 Å². The first kappa shape index (κ1) is 21.9. The lowest BCUT2D eigenvalue weighted by Crippen LogP contribution is -2.32. The molecule has 4 aromatic rings. The van der Waals surface area contributed by atoms with Gasteiger partial charge in [0.2, 0.25) is 0 Å². The molecule has 1 aromatic carbocycles. The standard InChI is InChI=1S/C28H35N5/c1-18(2)27-25-16-22(21-8-12-33(13-9-21)17-24-10-11-32(5)31-24)6-7-26(25)30-28(27)23-14-19(3)29-20(4)15-23/h6-7,10-11,14-16,18,21,30H,8-9,12-13,17H2,1-5H3. The van der Waals surface area contributed by atoms with Crippen LogP contribution in [0, 0.1) is 13.8 Å². The topological polar surface area (TPSA) is 49.7 Å². The van der Waals surface area contributed by atoms with E-state index in [1.807, 2.05) is 17.9 Å². The van der Waals surface area contributed by atoms with Crippen LogP contribution < -0.4 is 0 Å². The number of hydrogen-bond donors (Lipinski definition) is 1. The number of aryl methyl sites for hydroxylation is 3. The number of fused-ring (bicyclic) bond motifs is 1. The third-order valence-corrected chi connectivity index (χ3v) is 7.02. The monoisotopic (exact) mass is 441 g/mol. The third-order valence-electron chi connectivity index (χ3n) is 7.02. The first-order valence-corrected chi connectivity index (χ1v) is 12.2. The van der Waals surface area contributed by atoms with E-state index in [1.165, 1.54) is 51.8 Å². The molecule has 172 valence electrons. The average molecular weight is 442 g/mol. The van der Waals surface area contributed by atoms with E-state index < -0.39 is 0 Å². The highest BCUT2D eigenvalue weighted by Crippen LogP contribution is 2.38. The van der Waals surface area contributed by atoms with Crippen LogP contribution in [0.1, 0.15) is 66.7 Å². The van der Waals surface area contributed by atoms with Crippen molar-refractivity contribution in [3.05, 3.63) is 70.8 Å². The van der Waals surface area contributed by atoms with E-state index in [0.717, 1.165) is 31.0 Å². The number of H-pyrrole nitrogens is 1. The normalized spacial score (nSPS) is 15.7. The molecular formula is C28H35N5. The molecule has 0 radical (unpaired) electrons. The van der Waals surface area contributed by atoms with Gasteiger partial charge in [0.05, 0.1) is 11.4 Å². The lowest BCUT2D eigenvalue weighted by atomic mass is 9.87. The average Bonchev–Trinajstić information content (AvgIpc) is 3.36. The van der Waals surface area contributed by atoms with Crippen LogP contribution in [0.5, 0.6) is 0 Å². The van der Waals surface area contributed by atoms with Crippen molar-refractivity contribution >= 4 is 10.9 Å². The number of aromatic nitrogens is 4. The molecule has 5 nitrogen and oxygen atoms in total. The molecule has 0 spiro atoms. The molecule has 3 aromatic heterocycles. The van der Waals surface area contributed by atoms with Crippen LogP contribution in [0.3, 0.4) is 0 Å². The number of hydrogen-bond acceptors (Lipinski definition) is 3. The van der Waals surface area contributed by atoms with E-state index >= 15 is 0 Å². The first-order chi connectivity index (χ1) is 15.9. The Hall–Kier alpha value is -2.92. The van der Waals surface area contributed by atoms with Crippen LogP contribution in [-0.2, 0) is 13.6 Å². The van der Waals surface area contributed by atoms with Crippen molar-refractivity contribution in [1.82, 2.24) is 24.6 Å². The summed E-state index contributed by atoms with van der Waals surface area (Å²) in [6.07, 6.45) is 4.44. The van der Waals surface area contributed by atoms with Gasteiger partial charge in [0.15, 0.2) is 0 Å². The summed E-state index contributed by atoms with van der Waals surface area (Å²) < 4.78 is 1.89. The van der Waals surface area contributed by atoms with Crippen molar-refractivity contribution in [3.8, 4) is 11.3 Å². The largest absolute Gasteiger partial charge is 0.354 e. The van der Waals surface area contributed by atoms with Crippen LogP contribution in [-0.4, -0.2) is 37.7 Å². The summed E-state index contributed by atoms with van der Waals surface area (Å²) in [7, 11) is 1.99. The van der Waals surface area contributed by atoms with Crippen molar-refractivity contribution in [2.45, 2.75) is 58.9 Å². The maximum Gasteiger partial charge on any atom is 0.0764 e. The minimum atomic E-state index is 0.443. The number of rotatable bonds is 5.